The lowest BCUT2D eigenvalue weighted by atomic mass is 9.95. The second-order valence-electron chi connectivity index (χ2n) is 6.70. The Bertz CT molecular complexity index is 738. The summed E-state index contributed by atoms with van der Waals surface area (Å²) in [5.74, 6) is -1.42. The maximum Gasteiger partial charge on any atom is 0.337 e. The normalized spacial score (nSPS) is 26.0. The van der Waals surface area contributed by atoms with E-state index in [-0.39, 0.29) is 30.1 Å². The third-order valence-electron chi connectivity index (χ3n) is 5.22. The van der Waals surface area contributed by atoms with Gasteiger partial charge in [0.2, 0.25) is 11.8 Å². The number of methoxy groups -OCH3 is 1. The van der Waals surface area contributed by atoms with Crippen molar-refractivity contribution in [3.05, 3.63) is 29.8 Å². The Morgan fingerprint density at radius 1 is 1.15 bits per heavy atom. The fraction of sp³-hybridized carbons (Fsp3) is 0.444. The van der Waals surface area contributed by atoms with Gasteiger partial charge in [0, 0.05) is 18.8 Å². The molecule has 1 aromatic rings. The number of nitrogens with one attached hydrogen (secondary N) is 1. The van der Waals surface area contributed by atoms with Gasteiger partial charge in [0.05, 0.1) is 37.9 Å². The van der Waals surface area contributed by atoms with Crippen molar-refractivity contribution in [3.8, 4) is 0 Å². The predicted molar refractivity (Wildman–Crippen MR) is 91.3 cm³/mol. The van der Waals surface area contributed by atoms with Gasteiger partial charge in [-0.1, -0.05) is 0 Å². The van der Waals surface area contributed by atoms with Crippen LogP contribution in [0.1, 0.15) is 29.6 Å². The molecule has 0 saturated carbocycles. The number of piperidine rings is 1. The summed E-state index contributed by atoms with van der Waals surface area (Å²) in [6.07, 6.45) is 1.42. The number of carbonyl (C=O) groups is 4. The van der Waals surface area contributed by atoms with E-state index in [9.17, 15) is 19.2 Å². The Labute approximate surface area is 150 Å². The van der Waals surface area contributed by atoms with Gasteiger partial charge in [-0.3, -0.25) is 14.4 Å². The molecule has 3 N–H and O–H groups in total. The van der Waals surface area contributed by atoms with Crippen molar-refractivity contribution in [1.29, 1.82) is 0 Å². The molecule has 138 valence electrons. The average Bonchev–Trinajstić information content (AvgIpc) is 2.95. The molecule has 3 amide bonds. The molecule has 0 aliphatic carbocycles. The zero-order valence-corrected chi connectivity index (χ0v) is 14.6. The van der Waals surface area contributed by atoms with E-state index in [0.29, 0.717) is 37.2 Å². The summed E-state index contributed by atoms with van der Waals surface area (Å²) < 4.78 is 4.64. The van der Waals surface area contributed by atoms with E-state index in [0.717, 1.165) is 4.90 Å². The van der Waals surface area contributed by atoms with Crippen molar-refractivity contribution in [2.24, 2.45) is 11.7 Å². The highest BCUT2D eigenvalue weighted by molar-refractivity contribution is 6.22. The molecule has 2 saturated heterocycles. The molecule has 1 aromatic carbocycles. The van der Waals surface area contributed by atoms with E-state index in [1.165, 1.54) is 24.1 Å². The van der Waals surface area contributed by atoms with Gasteiger partial charge in [-0.25, -0.2) is 9.69 Å². The Morgan fingerprint density at radius 3 is 2.31 bits per heavy atom. The zero-order valence-electron chi connectivity index (χ0n) is 14.6. The number of hydrogen-bond acceptors (Lipinski definition) is 5. The largest absolute Gasteiger partial charge is 0.465 e. The number of nitrogens with two attached hydrogens (primary N) is 1. The van der Waals surface area contributed by atoms with Crippen LogP contribution < -0.4 is 15.5 Å². The van der Waals surface area contributed by atoms with Gasteiger partial charge in [0.25, 0.3) is 5.91 Å². The maximum atomic E-state index is 12.8. The number of esters is 1. The molecule has 0 radical (unpaired) electrons. The van der Waals surface area contributed by atoms with Crippen molar-refractivity contribution in [1.82, 2.24) is 0 Å². The number of anilines is 1. The third-order valence-corrected chi connectivity index (χ3v) is 5.22. The zero-order chi connectivity index (χ0) is 18.8. The van der Waals surface area contributed by atoms with Gasteiger partial charge < -0.3 is 15.4 Å². The molecule has 2 heterocycles. The van der Waals surface area contributed by atoms with Gasteiger partial charge in [-0.05, 0) is 24.3 Å². The lowest BCUT2D eigenvalue weighted by Crippen LogP contribution is -3.17. The van der Waals surface area contributed by atoms with Crippen molar-refractivity contribution in [2.45, 2.75) is 25.3 Å². The van der Waals surface area contributed by atoms with Crippen molar-refractivity contribution in [2.75, 3.05) is 25.1 Å². The standard InChI is InChI=1S/C18H21N3O5/c1-26-18(25)12-2-4-13(5-3-12)21-15(22)10-14(17(21)24)20-8-6-11(7-9-20)16(19)23/h2-5,11,14H,6-10H2,1H3,(H2,19,23)/p+1/t14-/m1/s1. The minimum atomic E-state index is -0.477. The van der Waals surface area contributed by atoms with E-state index < -0.39 is 12.0 Å². The number of carbonyl (C=O) groups excluding carboxylic acids is 4. The number of imide groups is 1. The van der Waals surface area contributed by atoms with E-state index in [1.54, 1.807) is 12.1 Å². The van der Waals surface area contributed by atoms with E-state index in [1.807, 2.05) is 0 Å². The summed E-state index contributed by atoms with van der Waals surface area (Å²) in [6.45, 7) is 1.29. The highest BCUT2D eigenvalue weighted by Crippen LogP contribution is 2.23. The monoisotopic (exact) mass is 360 g/mol. The third kappa shape index (κ3) is 3.32. The van der Waals surface area contributed by atoms with Crippen LogP contribution in [0, 0.1) is 5.92 Å². The highest BCUT2D eigenvalue weighted by Gasteiger charge is 2.46. The number of primary amides is 1. The van der Waals surface area contributed by atoms with Crippen LogP contribution in [0.15, 0.2) is 24.3 Å². The smallest absolute Gasteiger partial charge is 0.337 e. The number of nitrogens with zero attached hydrogens (tertiary/aromatic N) is 1. The number of benzene rings is 1. The van der Waals surface area contributed by atoms with E-state index >= 15 is 0 Å². The second-order valence-corrected chi connectivity index (χ2v) is 6.70. The van der Waals surface area contributed by atoms with Crippen LogP contribution >= 0.6 is 0 Å². The quantitative estimate of drug-likeness (QED) is 0.522. The molecule has 3 rings (SSSR count). The first-order chi connectivity index (χ1) is 12.4. The van der Waals surface area contributed by atoms with Crippen LogP contribution in [0.5, 0.6) is 0 Å². The van der Waals surface area contributed by atoms with Crippen molar-refractivity contribution < 1.29 is 28.8 Å². The molecular formula is C18H22N3O5+. The van der Waals surface area contributed by atoms with Gasteiger partial charge in [-0.2, -0.15) is 0 Å². The number of ether oxygens (including phenoxy) is 1. The molecular weight excluding hydrogens is 338 g/mol. The number of likely N-dealkylation sites (tertiary alicyclic amines) is 1. The van der Waals surface area contributed by atoms with E-state index in [2.05, 4.69) is 4.74 Å². The number of hydrogen-bond donors (Lipinski definition) is 2. The van der Waals surface area contributed by atoms with Crippen LogP contribution in [0.25, 0.3) is 0 Å². The lowest BCUT2D eigenvalue weighted by molar-refractivity contribution is -0.920. The Hall–Kier alpha value is -2.74. The first kappa shape index (κ1) is 18.1. The molecule has 0 bridgehead atoms. The molecule has 8 nitrogen and oxygen atoms in total. The molecule has 0 aromatic heterocycles. The summed E-state index contributed by atoms with van der Waals surface area (Å²) in [6, 6.07) is 5.76. The van der Waals surface area contributed by atoms with Crippen molar-refractivity contribution >= 4 is 29.4 Å². The van der Waals surface area contributed by atoms with Crippen LogP contribution in [-0.2, 0) is 19.1 Å². The Kier molecular flexibility index (Phi) is 5.03. The summed E-state index contributed by atoms with van der Waals surface area (Å²) in [7, 11) is 1.29. The minimum absolute atomic E-state index is 0.145. The summed E-state index contributed by atoms with van der Waals surface area (Å²) in [5, 5.41) is 0. The number of rotatable bonds is 4. The second kappa shape index (κ2) is 7.25. The van der Waals surface area contributed by atoms with Gasteiger partial charge in [0.1, 0.15) is 0 Å². The Morgan fingerprint density at radius 2 is 1.77 bits per heavy atom. The van der Waals surface area contributed by atoms with Crippen molar-refractivity contribution in [3.63, 3.8) is 0 Å². The fourth-order valence-electron chi connectivity index (χ4n) is 3.71. The number of amides is 3. The summed E-state index contributed by atoms with van der Waals surface area (Å²) in [4.78, 5) is 50.2. The molecule has 2 aliphatic rings. The summed E-state index contributed by atoms with van der Waals surface area (Å²) in [5.41, 5.74) is 6.15. The molecule has 26 heavy (non-hydrogen) atoms. The first-order valence-corrected chi connectivity index (χ1v) is 8.61. The van der Waals surface area contributed by atoms with Crippen LogP contribution in [0.4, 0.5) is 5.69 Å². The van der Waals surface area contributed by atoms with Crippen LogP contribution in [0.3, 0.4) is 0 Å². The number of quaternary nitrogens is 1. The topological polar surface area (TPSA) is 111 Å². The Balaban J connectivity index is 1.71. The maximum absolute atomic E-state index is 12.8. The average molecular weight is 360 g/mol. The molecule has 0 unspecified atom stereocenters. The highest BCUT2D eigenvalue weighted by atomic mass is 16.5. The van der Waals surface area contributed by atoms with Gasteiger partial charge >= 0.3 is 5.97 Å². The SMILES string of the molecule is COC(=O)c1ccc(N2C(=O)C[C@@H]([NH+]3CCC(C(N)=O)CC3)C2=O)cc1. The predicted octanol–water partition coefficient (Wildman–Crippen LogP) is -1.11. The van der Waals surface area contributed by atoms with Gasteiger partial charge in [0.15, 0.2) is 6.04 Å². The fourth-order valence-corrected chi connectivity index (χ4v) is 3.71. The molecule has 1 atom stereocenters. The molecule has 8 heteroatoms. The summed E-state index contributed by atoms with van der Waals surface area (Å²) >= 11 is 0. The van der Waals surface area contributed by atoms with Crippen LogP contribution in [0.2, 0.25) is 0 Å². The lowest BCUT2D eigenvalue weighted by Gasteiger charge is -2.30. The first-order valence-electron chi connectivity index (χ1n) is 8.61. The molecule has 2 fully saturated rings. The van der Waals surface area contributed by atoms with Crippen LogP contribution in [-0.4, -0.2) is 49.9 Å². The molecule has 2 aliphatic heterocycles. The van der Waals surface area contributed by atoms with Gasteiger partial charge in [-0.15, -0.1) is 0 Å². The molecule has 0 spiro atoms. The van der Waals surface area contributed by atoms with E-state index in [4.69, 9.17) is 5.73 Å². The minimum Gasteiger partial charge on any atom is -0.465 e.